The van der Waals surface area contributed by atoms with E-state index in [1.54, 1.807) is 19.0 Å². The summed E-state index contributed by atoms with van der Waals surface area (Å²) < 4.78 is 0. The van der Waals surface area contributed by atoms with Gasteiger partial charge in [-0.15, -0.1) is 0 Å². The molecule has 7 heteroatoms. The van der Waals surface area contributed by atoms with Gasteiger partial charge in [0.2, 0.25) is 5.91 Å². The Kier molecular flexibility index (Phi) is 6.27. The Bertz CT molecular complexity index is 336. The van der Waals surface area contributed by atoms with E-state index in [0.29, 0.717) is 19.6 Å². The molecule has 0 unspecified atom stereocenters. The van der Waals surface area contributed by atoms with Crippen molar-refractivity contribution in [1.29, 1.82) is 0 Å². The lowest BCUT2D eigenvalue weighted by Crippen LogP contribution is -2.45. The van der Waals surface area contributed by atoms with E-state index in [2.05, 4.69) is 10.6 Å². The molecule has 19 heavy (non-hydrogen) atoms. The van der Waals surface area contributed by atoms with Crippen LogP contribution in [0.2, 0.25) is 0 Å². The molecular weight excluding hydrogens is 248 g/mol. The summed E-state index contributed by atoms with van der Waals surface area (Å²) in [6, 6.07) is 0. The van der Waals surface area contributed by atoms with Gasteiger partial charge >= 0.3 is 11.8 Å². The van der Waals surface area contributed by atoms with Crippen LogP contribution in [0.4, 0.5) is 0 Å². The first-order chi connectivity index (χ1) is 9.02. The monoisotopic (exact) mass is 270 g/mol. The van der Waals surface area contributed by atoms with Crippen LogP contribution in [0.15, 0.2) is 0 Å². The van der Waals surface area contributed by atoms with Gasteiger partial charge in [-0.1, -0.05) is 0 Å². The van der Waals surface area contributed by atoms with E-state index in [4.69, 9.17) is 0 Å². The van der Waals surface area contributed by atoms with Crippen LogP contribution in [0.25, 0.3) is 0 Å². The first-order valence-electron chi connectivity index (χ1n) is 6.50. The molecule has 0 bridgehead atoms. The Hall–Kier alpha value is -1.63. The second-order valence-corrected chi connectivity index (χ2v) is 4.69. The van der Waals surface area contributed by atoms with Gasteiger partial charge in [0.1, 0.15) is 0 Å². The van der Waals surface area contributed by atoms with Crippen molar-refractivity contribution >= 4 is 17.7 Å². The maximum atomic E-state index is 11.9. The van der Waals surface area contributed by atoms with Gasteiger partial charge in [-0.25, -0.2) is 0 Å². The molecule has 0 radical (unpaired) electrons. The molecular formula is C12H22N4O3. The Morgan fingerprint density at radius 2 is 1.95 bits per heavy atom. The van der Waals surface area contributed by atoms with E-state index < -0.39 is 11.8 Å². The minimum atomic E-state index is -0.631. The smallest absolute Gasteiger partial charge is 0.311 e. The SMILES string of the molecule is CN(C)C(=O)CCNC(=O)C(=O)N1CCCNCC1. The van der Waals surface area contributed by atoms with Crippen LogP contribution in [0.5, 0.6) is 0 Å². The molecule has 3 amide bonds. The molecule has 0 saturated carbocycles. The molecule has 0 aromatic rings. The topological polar surface area (TPSA) is 81.8 Å². The molecule has 0 aliphatic carbocycles. The molecule has 1 aliphatic heterocycles. The minimum Gasteiger partial charge on any atom is -0.349 e. The molecule has 2 N–H and O–H groups in total. The van der Waals surface area contributed by atoms with Gasteiger partial charge in [-0.2, -0.15) is 0 Å². The minimum absolute atomic E-state index is 0.0771. The zero-order valence-corrected chi connectivity index (χ0v) is 11.6. The normalized spacial score (nSPS) is 15.6. The number of nitrogens with zero attached hydrogens (tertiary/aromatic N) is 2. The lowest BCUT2D eigenvalue weighted by atomic mass is 10.3. The fourth-order valence-electron chi connectivity index (χ4n) is 1.77. The quantitative estimate of drug-likeness (QED) is 0.605. The summed E-state index contributed by atoms with van der Waals surface area (Å²) in [5.41, 5.74) is 0. The number of carbonyl (C=O) groups excluding carboxylic acids is 3. The zero-order valence-electron chi connectivity index (χ0n) is 11.6. The van der Waals surface area contributed by atoms with E-state index in [-0.39, 0.29) is 18.9 Å². The summed E-state index contributed by atoms with van der Waals surface area (Å²) in [7, 11) is 3.30. The van der Waals surface area contributed by atoms with Crippen LogP contribution in [-0.2, 0) is 14.4 Å². The van der Waals surface area contributed by atoms with Crippen molar-refractivity contribution in [2.45, 2.75) is 12.8 Å². The van der Waals surface area contributed by atoms with E-state index >= 15 is 0 Å². The summed E-state index contributed by atoms with van der Waals surface area (Å²) in [5, 5.41) is 5.65. The number of hydrogen-bond acceptors (Lipinski definition) is 4. The highest BCUT2D eigenvalue weighted by molar-refractivity contribution is 6.35. The average molecular weight is 270 g/mol. The van der Waals surface area contributed by atoms with Crippen molar-refractivity contribution in [2.75, 3.05) is 46.8 Å². The van der Waals surface area contributed by atoms with Crippen LogP contribution in [0.3, 0.4) is 0 Å². The third kappa shape index (κ3) is 5.25. The lowest BCUT2D eigenvalue weighted by Gasteiger charge is -2.19. The van der Waals surface area contributed by atoms with Crippen LogP contribution in [0.1, 0.15) is 12.8 Å². The Morgan fingerprint density at radius 1 is 1.21 bits per heavy atom. The molecule has 7 nitrogen and oxygen atoms in total. The molecule has 0 atom stereocenters. The first-order valence-corrected chi connectivity index (χ1v) is 6.50. The summed E-state index contributed by atoms with van der Waals surface area (Å²) in [6.07, 6.45) is 1.05. The Balaban J connectivity index is 2.31. The third-order valence-corrected chi connectivity index (χ3v) is 2.94. The van der Waals surface area contributed by atoms with Gasteiger partial charge in [0.25, 0.3) is 0 Å². The fourth-order valence-corrected chi connectivity index (χ4v) is 1.77. The van der Waals surface area contributed by atoms with E-state index in [9.17, 15) is 14.4 Å². The number of hydrogen-bond donors (Lipinski definition) is 2. The zero-order chi connectivity index (χ0) is 14.3. The van der Waals surface area contributed by atoms with Crippen molar-refractivity contribution in [3.63, 3.8) is 0 Å². The molecule has 0 aromatic carbocycles. The number of amides is 3. The molecule has 1 fully saturated rings. The molecule has 0 spiro atoms. The second kappa shape index (κ2) is 7.73. The highest BCUT2D eigenvalue weighted by Gasteiger charge is 2.22. The van der Waals surface area contributed by atoms with Crippen molar-refractivity contribution in [3.8, 4) is 0 Å². The van der Waals surface area contributed by atoms with E-state index in [1.165, 1.54) is 4.90 Å². The summed E-state index contributed by atoms with van der Waals surface area (Å²) >= 11 is 0. The van der Waals surface area contributed by atoms with Crippen molar-refractivity contribution in [2.24, 2.45) is 0 Å². The first kappa shape index (κ1) is 15.4. The molecule has 108 valence electrons. The summed E-state index contributed by atoms with van der Waals surface area (Å²) in [6.45, 7) is 2.90. The summed E-state index contributed by atoms with van der Waals surface area (Å²) in [4.78, 5) is 37.8. The largest absolute Gasteiger partial charge is 0.349 e. The second-order valence-electron chi connectivity index (χ2n) is 4.69. The van der Waals surface area contributed by atoms with Crippen LogP contribution < -0.4 is 10.6 Å². The maximum Gasteiger partial charge on any atom is 0.311 e. The standard InChI is InChI=1S/C12H22N4O3/c1-15(2)10(17)4-6-14-11(18)12(19)16-8-3-5-13-7-9-16/h13H,3-9H2,1-2H3,(H,14,18). The van der Waals surface area contributed by atoms with Crippen molar-refractivity contribution in [1.82, 2.24) is 20.4 Å². The van der Waals surface area contributed by atoms with Crippen LogP contribution >= 0.6 is 0 Å². The van der Waals surface area contributed by atoms with E-state index in [1.807, 2.05) is 0 Å². The molecule has 1 rings (SSSR count). The number of nitrogens with one attached hydrogen (secondary N) is 2. The predicted molar refractivity (Wildman–Crippen MR) is 70.4 cm³/mol. The van der Waals surface area contributed by atoms with Crippen LogP contribution in [0, 0.1) is 0 Å². The maximum absolute atomic E-state index is 11.9. The lowest BCUT2D eigenvalue weighted by molar-refractivity contribution is -0.145. The summed E-state index contributed by atoms with van der Waals surface area (Å²) in [5.74, 6) is -1.22. The van der Waals surface area contributed by atoms with Gasteiger partial charge < -0.3 is 20.4 Å². The highest BCUT2D eigenvalue weighted by atomic mass is 16.2. The molecule has 1 aliphatic rings. The van der Waals surface area contributed by atoms with Crippen molar-refractivity contribution < 1.29 is 14.4 Å². The average Bonchev–Trinajstić information content (AvgIpc) is 2.66. The van der Waals surface area contributed by atoms with Gasteiger partial charge in [-0.05, 0) is 13.0 Å². The molecule has 1 heterocycles. The van der Waals surface area contributed by atoms with Crippen molar-refractivity contribution in [3.05, 3.63) is 0 Å². The van der Waals surface area contributed by atoms with Gasteiger partial charge in [0, 0.05) is 46.7 Å². The Morgan fingerprint density at radius 3 is 2.63 bits per heavy atom. The molecule has 1 saturated heterocycles. The molecule has 0 aromatic heterocycles. The van der Waals surface area contributed by atoms with Gasteiger partial charge in [0.15, 0.2) is 0 Å². The number of rotatable bonds is 3. The third-order valence-electron chi connectivity index (χ3n) is 2.94. The highest BCUT2D eigenvalue weighted by Crippen LogP contribution is 1.96. The van der Waals surface area contributed by atoms with E-state index in [0.717, 1.165) is 13.0 Å². The fraction of sp³-hybridized carbons (Fsp3) is 0.750. The predicted octanol–water partition coefficient (Wildman–Crippen LogP) is -1.60. The van der Waals surface area contributed by atoms with Gasteiger partial charge in [0.05, 0.1) is 0 Å². The Labute approximate surface area is 113 Å². The van der Waals surface area contributed by atoms with Crippen LogP contribution in [-0.4, -0.2) is 74.3 Å². The number of carbonyl (C=O) groups is 3. The van der Waals surface area contributed by atoms with Gasteiger partial charge in [-0.3, -0.25) is 14.4 Å².